The van der Waals surface area contributed by atoms with E-state index in [2.05, 4.69) is 17.6 Å². The number of urea groups is 1. The Morgan fingerprint density at radius 1 is 1.16 bits per heavy atom. The Bertz CT molecular complexity index is 1060. The molecule has 1 aliphatic heterocycles. The van der Waals surface area contributed by atoms with Crippen LogP contribution in [0.4, 0.5) is 4.79 Å². The fraction of sp³-hybridized carbons (Fsp3) is 0.480. The Labute approximate surface area is 182 Å². The average Bonchev–Trinajstić information content (AvgIpc) is 3.45. The summed E-state index contributed by atoms with van der Waals surface area (Å²) in [7, 11) is 0. The summed E-state index contributed by atoms with van der Waals surface area (Å²) in [5, 5.41) is 7.80. The number of nitrogens with one attached hydrogen (secondary N) is 2. The number of benzene rings is 2. The van der Waals surface area contributed by atoms with Crippen LogP contribution in [0, 0.1) is 17.8 Å². The van der Waals surface area contributed by atoms with Crippen LogP contribution in [-0.4, -0.2) is 35.3 Å². The summed E-state index contributed by atoms with van der Waals surface area (Å²) in [5.74, 6) is 1.35. The maximum atomic E-state index is 13.3. The van der Waals surface area contributed by atoms with Gasteiger partial charge in [0.2, 0.25) is 5.91 Å². The molecule has 3 aliphatic rings. The van der Waals surface area contributed by atoms with Crippen molar-refractivity contribution in [1.29, 1.82) is 0 Å². The minimum atomic E-state index is -1.20. The third-order valence-corrected chi connectivity index (χ3v) is 7.73. The molecule has 5 atom stereocenters. The predicted molar refractivity (Wildman–Crippen MR) is 118 cm³/mol. The molecule has 31 heavy (non-hydrogen) atoms. The van der Waals surface area contributed by atoms with E-state index in [0.29, 0.717) is 11.8 Å². The van der Waals surface area contributed by atoms with Crippen LogP contribution in [-0.2, 0) is 15.1 Å². The molecule has 2 N–H and O–H groups in total. The lowest BCUT2D eigenvalue weighted by Gasteiger charge is -2.29. The van der Waals surface area contributed by atoms with Crippen LogP contribution in [0.1, 0.15) is 45.1 Å². The van der Waals surface area contributed by atoms with Crippen molar-refractivity contribution in [3.05, 3.63) is 48.0 Å². The number of nitrogens with zero attached hydrogens (tertiary/aromatic N) is 1. The molecule has 5 rings (SSSR count). The number of hydrogen-bond acceptors (Lipinski definition) is 3. The highest BCUT2D eigenvalue weighted by Crippen LogP contribution is 2.49. The van der Waals surface area contributed by atoms with Gasteiger partial charge in [-0.1, -0.05) is 48.9 Å². The summed E-state index contributed by atoms with van der Waals surface area (Å²) in [5.41, 5.74) is -0.462. The van der Waals surface area contributed by atoms with Crippen molar-refractivity contribution in [2.75, 3.05) is 6.54 Å². The number of carbonyl (C=O) groups is 3. The van der Waals surface area contributed by atoms with E-state index in [1.54, 1.807) is 6.92 Å². The molecular formula is C25H29N3O3. The van der Waals surface area contributed by atoms with Gasteiger partial charge in [0.05, 0.1) is 0 Å². The van der Waals surface area contributed by atoms with Crippen LogP contribution in [0.15, 0.2) is 42.5 Å². The smallest absolute Gasteiger partial charge is 0.325 e. The zero-order chi connectivity index (χ0) is 21.8. The first-order valence-corrected chi connectivity index (χ1v) is 11.3. The van der Waals surface area contributed by atoms with Crippen LogP contribution in [0.2, 0.25) is 0 Å². The van der Waals surface area contributed by atoms with Gasteiger partial charge in [-0.25, -0.2) is 4.79 Å². The van der Waals surface area contributed by atoms with Crippen molar-refractivity contribution in [3.63, 3.8) is 0 Å². The Hall–Kier alpha value is -2.89. The molecule has 6 nitrogen and oxygen atoms in total. The summed E-state index contributed by atoms with van der Waals surface area (Å²) in [6, 6.07) is 13.0. The molecule has 2 saturated carbocycles. The number of fused-ring (bicyclic) bond motifs is 3. The number of hydrogen-bond donors (Lipinski definition) is 2. The number of imide groups is 1. The molecule has 0 spiro atoms. The highest BCUT2D eigenvalue weighted by atomic mass is 16.2. The first-order valence-electron chi connectivity index (χ1n) is 11.3. The molecule has 3 fully saturated rings. The highest BCUT2D eigenvalue weighted by molar-refractivity contribution is 6.10. The molecule has 4 amide bonds. The molecular weight excluding hydrogens is 390 g/mol. The van der Waals surface area contributed by atoms with Crippen molar-refractivity contribution >= 4 is 28.6 Å². The lowest BCUT2D eigenvalue weighted by atomic mass is 9.84. The van der Waals surface area contributed by atoms with Crippen LogP contribution in [0.5, 0.6) is 0 Å². The van der Waals surface area contributed by atoms with Gasteiger partial charge in [0, 0.05) is 6.04 Å². The van der Waals surface area contributed by atoms with Gasteiger partial charge in [-0.05, 0) is 67.2 Å². The van der Waals surface area contributed by atoms with Crippen molar-refractivity contribution < 1.29 is 14.4 Å². The summed E-state index contributed by atoms with van der Waals surface area (Å²) in [4.78, 5) is 39.8. The van der Waals surface area contributed by atoms with Crippen molar-refractivity contribution in [3.8, 4) is 0 Å². The van der Waals surface area contributed by atoms with Crippen LogP contribution in [0.25, 0.3) is 10.8 Å². The van der Waals surface area contributed by atoms with E-state index in [0.717, 1.165) is 27.2 Å². The first-order chi connectivity index (χ1) is 14.9. The zero-order valence-corrected chi connectivity index (χ0v) is 18.1. The second-order valence-corrected chi connectivity index (χ2v) is 9.67. The molecule has 1 saturated heterocycles. The molecule has 1 heterocycles. The third-order valence-electron chi connectivity index (χ3n) is 7.73. The summed E-state index contributed by atoms with van der Waals surface area (Å²) in [6.45, 7) is 3.51. The number of amides is 4. The van der Waals surface area contributed by atoms with Crippen molar-refractivity contribution in [2.24, 2.45) is 17.8 Å². The molecule has 2 aromatic rings. The second kappa shape index (κ2) is 7.36. The Balaban J connectivity index is 1.31. The van der Waals surface area contributed by atoms with Gasteiger partial charge in [0.25, 0.3) is 5.91 Å². The van der Waals surface area contributed by atoms with E-state index < -0.39 is 17.5 Å². The molecule has 2 aromatic carbocycles. The fourth-order valence-electron chi connectivity index (χ4n) is 6.14. The van der Waals surface area contributed by atoms with E-state index in [4.69, 9.17) is 0 Å². The van der Waals surface area contributed by atoms with Crippen LogP contribution < -0.4 is 10.6 Å². The van der Waals surface area contributed by atoms with Gasteiger partial charge in [-0.2, -0.15) is 0 Å². The maximum absolute atomic E-state index is 13.3. The average molecular weight is 420 g/mol. The quantitative estimate of drug-likeness (QED) is 0.728. The van der Waals surface area contributed by atoms with Crippen LogP contribution >= 0.6 is 0 Å². The third kappa shape index (κ3) is 3.29. The minimum Gasteiger partial charge on any atom is -0.352 e. The Morgan fingerprint density at radius 2 is 1.94 bits per heavy atom. The minimum absolute atomic E-state index is 0.0630. The lowest BCUT2D eigenvalue weighted by molar-refractivity contribution is -0.135. The second-order valence-electron chi connectivity index (χ2n) is 9.67. The molecule has 0 radical (unpaired) electrons. The summed E-state index contributed by atoms with van der Waals surface area (Å²) >= 11 is 0. The van der Waals surface area contributed by atoms with E-state index in [1.165, 1.54) is 25.7 Å². The number of rotatable bonds is 5. The highest BCUT2D eigenvalue weighted by Gasteiger charge is 2.50. The van der Waals surface area contributed by atoms with Crippen LogP contribution in [0.3, 0.4) is 0 Å². The van der Waals surface area contributed by atoms with Gasteiger partial charge >= 0.3 is 6.03 Å². The van der Waals surface area contributed by atoms with Crippen molar-refractivity contribution in [1.82, 2.24) is 15.5 Å². The van der Waals surface area contributed by atoms with E-state index in [9.17, 15) is 14.4 Å². The van der Waals surface area contributed by atoms with E-state index in [1.807, 2.05) is 42.5 Å². The fourth-order valence-corrected chi connectivity index (χ4v) is 6.14. The molecule has 0 aromatic heterocycles. The van der Waals surface area contributed by atoms with Gasteiger partial charge in [-0.15, -0.1) is 0 Å². The van der Waals surface area contributed by atoms with Gasteiger partial charge in [0.1, 0.15) is 12.1 Å². The zero-order valence-electron chi connectivity index (χ0n) is 18.1. The SMILES string of the molecule is CC(NC(=O)CN1C(=O)NC(C)(c2cccc3ccccc23)C1=O)C1CC2CCC1C2. The predicted octanol–water partition coefficient (Wildman–Crippen LogP) is 3.55. The molecule has 2 aliphatic carbocycles. The number of carbonyl (C=O) groups excluding carboxylic acids is 3. The van der Waals surface area contributed by atoms with Gasteiger partial charge in [-0.3, -0.25) is 14.5 Å². The summed E-state index contributed by atoms with van der Waals surface area (Å²) in [6.07, 6.45) is 5.03. The summed E-state index contributed by atoms with van der Waals surface area (Å²) < 4.78 is 0. The normalized spacial score (nSPS) is 30.6. The Kier molecular flexibility index (Phi) is 4.76. The molecule has 162 valence electrons. The van der Waals surface area contributed by atoms with Crippen molar-refractivity contribution in [2.45, 2.75) is 51.1 Å². The molecule has 2 bridgehead atoms. The Morgan fingerprint density at radius 3 is 2.68 bits per heavy atom. The standard InChI is InChI=1S/C25H29N3O3/c1-15(20-13-16-10-11-18(20)12-16)26-22(29)14-28-23(30)25(2,27-24(28)31)21-9-5-7-17-6-3-4-8-19(17)21/h3-9,15-16,18,20H,10-14H2,1-2H3,(H,26,29)(H,27,31). The monoisotopic (exact) mass is 419 g/mol. The molecule has 6 heteroatoms. The van der Waals surface area contributed by atoms with Gasteiger partial charge < -0.3 is 10.6 Å². The van der Waals surface area contributed by atoms with E-state index in [-0.39, 0.29) is 18.5 Å². The first kappa shape index (κ1) is 20.0. The molecule has 5 unspecified atom stereocenters. The largest absolute Gasteiger partial charge is 0.352 e. The van der Waals surface area contributed by atoms with E-state index >= 15 is 0 Å². The topological polar surface area (TPSA) is 78.5 Å². The lowest BCUT2D eigenvalue weighted by Crippen LogP contribution is -2.47. The maximum Gasteiger partial charge on any atom is 0.325 e. The van der Waals surface area contributed by atoms with Gasteiger partial charge in [0.15, 0.2) is 0 Å².